The maximum absolute atomic E-state index is 13.2. The first-order valence-corrected chi connectivity index (χ1v) is 9.91. The number of alkyl halides is 6. The Bertz CT molecular complexity index is 1440. The van der Waals surface area contributed by atoms with Gasteiger partial charge in [0, 0.05) is 10.8 Å². The van der Waals surface area contributed by atoms with Crippen molar-refractivity contribution in [2.45, 2.75) is 12.4 Å². The highest BCUT2D eigenvalue weighted by atomic mass is 19.4. The van der Waals surface area contributed by atoms with Gasteiger partial charge in [0.1, 0.15) is 11.2 Å². The molecule has 1 aromatic heterocycles. The molecule has 0 aliphatic rings. The van der Waals surface area contributed by atoms with Gasteiger partial charge in [-0.25, -0.2) is 0 Å². The third kappa shape index (κ3) is 3.95. The van der Waals surface area contributed by atoms with Crippen LogP contribution in [-0.4, -0.2) is 0 Å². The zero-order chi connectivity index (χ0) is 23.4. The lowest BCUT2D eigenvalue weighted by Gasteiger charge is -2.14. The minimum absolute atomic E-state index is 0.127. The number of furan rings is 1. The molecule has 0 bridgehead atoms. The largest absolute Gasteiger partial charge is 0.456 e. The predicted octanol–water partition coefficient (Wildman–Crippen LogP) is 8.96. The van der Waals surface area contributed by atoms with Gasteiger partial charge in [-0.3, -0.25) is 0 Å². The maximum atomic E-state index is 13.2. The maximum Gasteiger partial charge on any atom is 0.416 e. The molecular weight excluding hydrogens is 442 g/mol. The summed E-state index contributed by atoms with van der Waals surface area (Å²) in [6, 6.07) is 21.2. The Balaban J connectivity index is 1.56. The van der Waals surface area contributed by atoms with Crippen LogP contribution in [0.2, 0.25) is 0 Å². The molecule has 0 saturated heterocycles. The standard InChI is InChI=1S/C26H14F6O/c27-25(28,29)19-11-18(12-20(14-19)26(30,31)32)16-7-5-15(6-8-16)17-9-10-24-22(13-17)21-3-1-2-4-23(21)33-24/h1-14H. The number of benzene rings is 4. The summed E-state index contributed by atoms with van der Waals surface area (Å²) in [4.78, 5) is 0. The number of hydrogen-bond acceptors (Lipinski definition) is 1. The second-order valence-corrected chi connectivity index (χ2v) is 7.68. The van der Waals surface area contributed by atoms with Gasteiger partial charge in [-0.05, 0) is 58.7 Å². The fourth-order valence-electron chi connectivity index (χ4n) is 3.88. The fraction of sp³-hybridized carbons (Fsp3) is 0.0769. The Morgan fingerprint density at radius 3 is 1.58 bits per heavy atom. The van der Waals surface area contributed by atoms with E-state index in [1.807, 2.05) is 42.5 Å². The van der Waals surface area contributed by atoms with Crippen LogP contribution in [0.4, 0.5) is 26.3 Å². The molecule has 0 atom stereocenters. The molecule has 1 heterocycles. The van der Waals surface area contributed by atoms with E-state index in [0.717, 1.165) is 45.2 Å². The highest BCUT2D eigenvalue weighted by molar-refractivity contribution is 6.06. The molecule has 5 rings (SSSR count). The van der Waals surface area contributed by atoms with Crippen molar-refractivity contribution in [3.63, 3.8) is 0 Å². The molecule has 4 aromatic carbocycles. The minimum Gasteiger partial charge on any atom is -0.456 e. The number of fused-ring (bicyclic) bond motifs is 3. The molecule has 0 unspecified atom stereocenters. The van der Waals surface area contributed by atoms with E-state index in [-0.39, 0.29) is 17.2 Å². The van der Waals surface area contributed by atoms with E-state index >= 15 is 0 Å². The molecule has 0 aliphatic carbocycles. The summed E-state index contributed by atoms with van der Waals surface area (Å²) >= 11 is 0. The van der Waals surface area contributed by atoms with Crippen LogP contribution < -0.4 is 0 Å². The summed E-state index contributed by atoms with van der Waals surface area (Å²) in [6.45, 7) is 0. The number of para-hydroxylation sites is 1. The van der Waals surface area contributed by atoms with E-state index in [9.17, 15) is 26.3 Å². The van der Waals surface area contributed by atoms with Gasteiger partial charge in [-0.1, -0.05) is 48.5 Å². The second-order valence-electron chi connectivity index (χ2n) is 7.68. The molecule has 166 valence electrons. The normalized spacial score (nSPS) is 12.5. The Morgan fingerprint density at radius 2 is 0.970 bits per heavy atom. The van der Waals surface area contributed by atoms with Gasteiger partial charge in [-0.15, -0.1) is 0 Å². The van der Waals surface area contributed by atoms with Crippen molar-refractivity contribution in [1.29, 1.82) is 0 Å². The topological polar surface area (TPSA) is 13.1 Å². The number of hydrogen-bond donors (Lipinski definition) is 0. The molecule has 0 spiro atoms. The zero-order valence-electron chi connectivity index (χ0n) is 16.8. The van der Waals surface area contributed by atoms with Crippen LogP contribution in [0.1, 0.15) is 11.1 Å². The lowest BCUT2D eigenvalue weighted by molar-refractivity contribution is -0.143. The van der Waals surface area contributed by atoms with E-state index in [1.165, 1.54) is 12.1 Å². The monoisotopic (exact) mass is 456 g/mol. The highest BCUT2D eigenvalue weighted by Crippen LogP contribution is 2.39. The Labute approximate surface area is 183 Å². The van der Waals surface area contributed by atoms with Gasteiger partial charge >= 0.3 is 12.4 Å². The van der Waals surface area contributed by atoms with Gasteiger partial charge < -0.3 is 4.42 Å². The summed E-state index contributed by atoms with van der Waals surface area (Å²) < 4.78 is 84.9. The number of halogens is 6. The van der Waals surface area contributed by atoms with Crippen molar-refractivity contribution in [2.75, 3.05) is 0 Å². The summed E-state index contributed by atoms with van der Waals surface area (Å²) in [5.74, 6) is 0. The van der Waals surface area contributed by atoms with Crippen molar-refractivity contribution in [1.82, 2.24) is 0 Å². The summed E-state index contributed by atoms with van der Waals surface area (Å²) in [5.41, 5.74) is 0.521. The third-order valence-corrected chi connectivity index (χ3v) is 5.52. The van der Waals surface area contributed by atoms with Crippen molar-refractivity contribution in [2.24, 2.45) is 0 Å². The fourth-order valence-corrected chi connectivity index (χ4v) is 3.88. The molecule has 0 radical (unpaired) electrons. The van der Waals surface area contributed by atoms with Gasteiger partial charge in [0.25, 0.3) is 0 Å². The molecule has 0 amide bonds. The molecule has 0 N–H and O–H groups in total. The van der Waals surface area contributed by atoms with Crippen LogP contribution >= 0.6 is 0 Å². The lowest BCUT2D eigenvalue weighted by atomic mass is 9.96. The SMILES string of the molecule is FC(F)(F)c1cc(-c2ccc(-c3ccc4oc5ccccc5c4c3)cc2)cc(C(F)(F)F)c1. The van der Waals surface area contributed by atoms with Crippen molar-refractivity contribution < 1.29 is 30.8 Å². The summed E-state index contributed by atoms with van der Waals surface area (Å²) in [5, 5.41) is 1.87. The van der Waals surface area contributed by atoms with E-state index < -0.39 is 23.5 Å². The Hall–Kier alpha value is -3.74. The Kier molecular flexibility index (Phi) is 4.74. The molecule has 7 heteroatoms. The van der Waals surface area contributed by atoms with Crippen LogP contribution in [0.25, 0.3) is 44.2 Å². The molecule has 5 aromatic rings. The Morgan fingerprint density at radius 1 is 0.455 bits per heavy atom. The first-order valence-electron chi connectivity index (χ1n) is 9.91. The average molecular weight is 456 g/mol. The zero-order valence-corrected chi connectivity index (χ0v) is 16.8. The second kappa shape index (κ2) is 7.40. The number of rotatable bonds is 2. The van der Waals surface area contributed by atoms with Gasteiger partial charge in [-0.2, -0.15) is 26.3 Å². The predicted molar refractivity (Wildman–Crippen MR) is 115 cm³/mol. The highest BCUT2D eigenvalue weighted by Gasteiger charge is 2.37. The van der Waals surface area contributed by atoms with Crippen LogP contribution in [-0.2, 0) is 12.4 Å². The first kappa shape index (κ1) is 21.1. The van der Waals surface area contributed by atoms with E-state index in [1.54, 1.807) is 12.1 Å². The van der Waals surface area contributed by atoms with Crippen LogP contribution in [0, 0.1) is 0 Å². The summed E-state index contributed by atoms with van der Waals surface area (Å²) in [6.07, 6.45) is -9.78. The summed E-state index contributed by atoms with van der Waals surface area (Å²) in [7, 11) is 0. The van der Waals surface area contributed by atoms with Gasteiger partial charge in [0.15, 0.2) is 0 Å². The molecule has 0 aliphatic heterocycles. The molecule has 1 nitrogen and oxygen atoms in total. The van der Waals surface area contributed by atoms with E-state index in [2.05, 4.69) is 0 Å². The smallest absolute Gasteiger partial charge is 0.416 e. The molecule has 33 heavy (non-hydrogen) atoms. The molecule has 0 fully saturated rings. The van der Waals surface area contributed by atoms with Crippen molar-refractivity contribution in [3.05, 3.63) is 96.1 Å². The van der Waals surface area contributed by atoms with Crippen LogP contribution in [0.15, 0.2) is 89.3 Å². The van der Waals surface area contributed by atoms with Crippen LogP contribution in [0.5, 0.6) is 0 Å². The van der Waals surface area contributed by atoms with Crippen LogP contribution in [0.3, 0.4) is 0 Å². The average Bonchev–Trinajstić information content (AvgIpc) is 3.16. The molecule has 0 saturated carbocycles. The van der Waals surface area contributed by atoms with E-state index in [0.29, 0.717) is 0 Å². The minimum atomic E-state index is -4.89. The van der Waals surface area contributed by atoms with Crippen molar-refractivity contribution in [3.8, 4) is 22.3 Å². The van der Waals surface area contributed by atoms with Gasteiger partial charge in [0.2, 0.25) is 0 Å². The quantitative estimate of drug-likeness (QED) is 0.242. The van der Waals surface area contributed by atoms with Crippen molar-refractivity contribution >= 4 is 21.9 Å². The lowest BCUT2D eigenvalue weighted by Crippen LogP contribution is -2.11. The van der Waals surface area contributed by atoms with Gasteiger partial charge in [0.05, 0.1) is 11.1 Å². The first-order chi connectivity index (χ1) is 15.6. The van der Waals surface area contributed by atoms with E-state index in [4.69, 9.17) is 4.42 Å². The molecular formula is C26H14F6O. The third-order valence-electron chi connectivity index (χ3n) is 5.52.